The zero-order valence-corrected chi connectivity index (χ0v) is 13.9. The minimum absolute atomic E-state index is 0.0672. The average Bonchev–Trinajstić information content (AvgIpc) is 3.05. The van der Waals surface area contributed by atoms with Gasteiger partial charge < -0.3 is 14.7 Å². The SMILES string of the molecule is CB(O)N1CCN(c2nc3cc(F)c(Cl)cc3n3ccnc23)CC1. The number of piperazine rings is 1. The van der Waals surface area contributed by atoms with E-state index in [2.05, 4.69) is 14.9 Å². The van der Waals surface area contributed by atoms with Crippen molar-refractivity contribution in [3.63, 3.8) is 0 Å². The molecule has 1 N–H and O–H groups in total. The van der Waals surface area contributed by atoms with Crippen LogP contribution in [0.2, 0.25) is 11.8 Å². The highest BCUT2D eigenvalue weighted by Crippen LogP contribution is 2.28. The Morgan fingerprint density at radius 3 is 2.71 bits per heavy atom. The largest absolute Gasteiger partial charge is 0.437 e. The molecule has 24 heavy (non-hydrogen) atoms. The standard InChI is InChI=1S/C15H16BClFN5O/c1-16(24)22-6-4-21(5-7-22)15-14-19-2-3-23(14)13-8-10(17)11(18)9-12(13)20-15/h2-3,8-9,24H,4-7H2,1H3. The first-order chi connectivity index (χ1) is 11.5. The molecule has 124 valence electrons. The van der Waals surface area contributed by atoms with Crippen molar-refractivity contribution in [2.75, 3.05) is 31.1 Å². The fraction of sp³-hybridized carbons (Fsp3) is 0.333. The molecule has 0 radical (unpaired) electrons. The van der Waals surface area contributed by atoms with Crippen LogP contribution in [0.5, 0.6) is 0 Å². The highest BCUT2D eigenvalue weighted by molar-refractivity contribution is 6.45. The second-order valence-corrected chi connectivity index (χ2v) is 6.37. The van der Waals surface area contributed by atoms with Gasteiger partial charge in [-0.15, -0.1) is 0 Å². The lowest BCUT2D eigenvalue weighted by Crippen LogP contribution is -2.51. The van der Waals surface area contributed by atoms with Gasteiger partial charge >= 0.3 is 7.05 Å². The molecule has 0 bridgehead atoms. The molecule has 3 heterocycles. The molecule has 0 saturated carbocycles. The van der Waals surface area contributed by atoms with Crippen molar-refractivity contribution < 1.29 is 9.41 Å². The molecular weight excluding hydrogens is 331 g/mol. The van der Waals surface area contributed by atoms with Crippen LogP contribution in [0.25, 0.3) is 16.7 Å². The molecule has 2 aromatic heterocycles. The third-order valence-electron chi connectivity index (χ3n) is 4.49. The number of rotatable bonds is 2. The van der Waals surface area contributed by atoms with Crippen molar-refractivity contribution in [1.29, 1.82) is 0 Å². The van der Waals surface area contributed by atoms with Gasteiger partial charge in [0.2, 0.25) is 0 Å². The Bertz CT molecular complexity index is 910. The minimum atomic E-state index is -0.485. The molecule has 0 unspecified atom stereocenters. The van der Waals surface area contributed by atoms with E-state index >= 15 is 0 Å². The zero-order valence-electron chi connectivity index (χ0n) is 13.2. The van der Waals surface area contributed by atoms with Gasteiger partial charge in [-0.05, 0) is 12.9 Å². The second-order valence-electron chi connectivity index (χ2n) is 5.97. The summed E-state index contributed by atoms with van der Waals surface area (Å²) in [5.41, 5.74) is 1.98. The normalized spacial score (nSPS) is 16.2. The van der Waals surface area contributed by atoms with E-state index in [1.54, 1.807) is 19.1 Å². The number of hydrogen-bond donors (Lipinski definition) is 1. The van der Waals surface area contributed by atoms with Crippen LogP contribution in [0.4, 0.5) is 10.2 Å². The number of anilines is 1. The van der Waals surface area contributed by atoms with Crippen LogP contribution < -0.4 is 4.90 Å². The number of aromatic nitrogens is 3. The van der Waals surface area contributed by atoms with E-state index in [0.717, 1.165) is 43.2 Å². The van der Waals surface area contributed by atoms with Gasteiger partial charge in [0, 0.05) is 44.6 Å². The molecule has 6 nitrogen and oxygen atoms in total. The summed E-state index contributed by atoms with van der Waals surface area (Å²) in [5.74, 6) is 0.237. The summed E-state index contributed by atoms with van der Waals surface area (Å²) in [6.07, 6.45) is 3.52. The van der Waals surface area contributed by atoms with Crippen molar-refractivity contribution in [1.82, 2.24) is 19.2 Å². The maximum absolute atomic E-state index is 13.8. The van der Waals surface area contributed by atoms with E-state index in [0.29, 0.717) is 5.52 Å². The summed E-state index contributed by atoms with van der Waals surface area (Å²) in [4.78, 5) is 13.2. The van der Waals surface area contributed by atoms with Crippen LogP contribution in [0.3, 0.4) is 0 Å². The Morgan fingerprint density at radius 1 is 1.25 bits per heavy atom. The van der Waals surface area contributed by atoms with Crippen LogP contribution in [-0.4, -0.2) is 57.4 Å². The number of imidazole rings is 1. The minimum Gasteiger partial charge on any atom is -0.437 e. The maximum Gasteiger partial charge on any atom is 0.376 e. The van der Waals surface area contributed by atoms with Gasteiger partial charge in [-0.3, -0.25) is 4.40 Å². The Balaban J connectivity index is 1.80. The smallest absolute Gasteiger partial charge is 0.376 e. The molecule has 1 saturated heterocycles. The van der Waals surface area contributed by atoms with Crippen molar-refractivity contribution in [2.24, 2.45) is 0 Å². The molecule has 1 aliphatic heterocycles. The van der Waals surface area contributed by atoms with Gasteiger partial charge in [0.25, 0.3) is 0 Å². The van der Waals surface area contributed by atoms with E-state index in [1.807, 2.05) is 15.4 Å². The lowest BCUT2D eigenvalue weighted by molar-refractivity contribution is 0.344. The Kier molecular flexibility index (Phi) is 3.82. The quantitative estimate of drug-likeness (QED) is 0.718. The lowest BCUT2D eigenvalue weighted by atomic mass is 9.84. The van der Waals surface area contributed by atoms with E-state index < -0.39 is 12.9 Å². The Labute approximate surface area is 143 Å². The summed E-state index contributed by atoms with van der Waals surface area (Å²) in [7, 11) is -0.459. The predicted molar refractivity (Wildman–Crippen MR) is 93.1 cm³/mol. The van der Waals surface area contributed by atoms with Gasteiger partial charge in [-0.25, -0.2) is 14.4 Å². The fourth-order valence-electron chi connectivity index (χ4n) is 3.16. The highest BCUT2D eigenvalue weighted by Gasteiger charge is 2.25. The summed E-state index contributed by atoms with van der Waals surface area (Å²) >= 11 is 5.91. The molecule has 3 aromatic rings. The van der Waals surface area contributed by atoms with Crippen LogP contribution >= 0.6 is 11.6 Å². The van der Waals surface area contributed by atoms with E-state index in [4.69, 9.17) is 11.6 Å². The van der Waals surface area contributed by atoms with Crippen LogP contribution in [0.15, 0.2) is 24.5 Å². The summed E-state index contributed by atoms with van der Waals surface area (Å²) in [5, 5.41) is 9.76. The Hall–Kier alpha value is -1.90. The lowest BCUT2D eigenvalue weighted by Gasteiger charge is -2.36. The summed E-state index contributed by atoms with van der Waals surface area (Å²) < 4.78 is 15.7. The van der Waals surface area contributed by atoms with E-state index in [1.165, 1.54) is 6.07 Å². The molecule has 1 aromatic carbocycles. The van der Waals surface area contributed by atoms with Gasteiger partial charge in [-0.2, -0.15) is 0 Å². The first kappa shape index (κ1) is 15.6. The summed E-state index contributed by atoms with van der Waals surface area (Å²) in [6, 6.07) is 2.93. The third kappa shape index (κ3) is 2.51. The van der Waals surface area contributed by atoms with E-state index in [-0.39, 0.29) is 5.02 Å². The highest BCUT2D eigenvalue weighted by atomic mass is 35.5. The number of benzene rings is 1. The van der Waals surface area contributed by atoms with Gasteiger partial charge in [0.1, 0.15) is 5.82 Å². The van der Waals surface area contributed by atoms with Gasteiger partial charge in [-0.1, -0.05) is 11.6 Å². The molecule has 0 spiro atoms. The van der Waals surface area contributed by atoms with Crippen molar-refractivity contribution >= 4 is 41.1 Å². The van der Waals surface area contributed by atoms with Gasteiger partial charge in [0.05, 0.1) is 16.1 Å². The Morgan fingerprint density at radius 2 is 2.00 bits per heavy atom. The molecule has 0 amide bonds. The molecular formula is C15H16BClFN5O. The van der Waals surface area contributed by atoms with Crippen LogP contribution in [-0.2, 0) is 0 Å². The third-order valence-corrected chi connectivity index (χ3v) is 4.78. The molecule has 0 aliphatic carbocycles. The monoisotopic (exact) mass is 347 g/mol. The first-order valence-electron chi connectivity index (χ1n) is 7.83. The molecule has 1 aliphatic rings. The van der Waals surface area contributed by atoms with E-state index in [9.17, 15) is 9.41 Å². The van der Waals surface area contributed by atoms with Crippen molar-refractivity contribution in [3.05, 3.63) is 35.4 Å². The summed E-state index contributed by atoms with van der Waals surface area (Å²) in [6.45, 7) is 4.69. The number of nitrogens with zero attached hydrogens (tertiary/aromatic N) is 5. The zero-order chi connectivity index (χ0) is 16.8. The number of hydrogen-bond acceptors (Lipinski definition) is 5. The maximum atomic E-state index is 13.8. The molecule has 9 heteroatoms. The van der Waals surface area contributed by atoms with Crippen LogP contribution in [0.1, 0.15) is 0 Å². The number of fused-ring (bicyclic) bond motifs is 3. The predicted octanol–water partition coefficient (Wildman–Crippen LogP) is 1.91. The molecule has 4 rings (SSSR count). The van der Waals surface area contributed by atoms with Gasteiger partial charge in [0.15, 0.2) is 11.5 Å². The van der Waals surface area contributed by atoms with Crippen molar-refractivity contribution in [3.8, 4) is 0 Å². The van der Waals surface area contributed by atoms with Crippen LogP contribution in [0, 0.1) is 5.82 Å². The first-order valence-corrected chi connectivity index (χ1v) is 8.21. The molecule has 0 atom stereocenters. The topological polar surface area (TPSA) is 56.9 Å². The number of halogens is 2. The molecule has 1 fully saturated rings. The second kappa shape index (κ2) is 5.88. The fourth-order valence-corrected chi connectivity index (χ4v) is 3.31. The van der Waals surface area contributed by atoms with Crippen molar-refractivity contribution in [2.45, 2.75) is 6.82 Å². The average molecular weight is 348 g/mol.